The van der Waals surface area contributed by atoms with Crippen LogP contribution in [0.15, 0.2) is 28.3 Å². The van der Waals surface area contributed by atoms with Gasteiger partial charge >= 0.3 is 0 Å². The molecule has 2 aliphatic heterocycles. The first-order valence-corrected chi connectivity index (χ1v) is 8.68. The third-order valence-electron chi connectivity index (χ3n) is 3.72. The summed E-state index contributed by atoms with van der Waals surface area (Å²) in [7, 11) is 4.13. The molecule has 2 N–H and O–H groups in total. The molecule has 1 amide bonds. The number of aliphatic imine (C=N–C) groups is 1. The number of thioether (sulfide) groups is 1. The van der Waals surface area contributed by atoms with Crippen LogP contribution in [0.2, 0.25) is 0 Å². The second kappa shape index (κ2) is 7.14. The maximum Gasteiger partial charge on any atom is 0.228 e. The summed E-state index contributed by atoms with van der Waals surface area (Å²) in [6, 6.07) is 6.03. The highest BCUT2D eigenvalue weighted by molar-refractivity contribution is 8.14. The number of benzene rings is 1. The zero-order valence-corrected chi connectivity index (χ0v) is 14.2. The molecule has 0 fully saturated rings. The number of carbonyl (C=O) groups is 1. The Kier molecular flexibility index (Phi) is 4.97. The van der Waals surface area contributed by atoms with Crippen LogP contribution in [0.25, 0.3) is 0 Å². The second-order valence-electron chi connectivity index (χ2n) is 5.90. The van der Waals surface area contributed by atoms with E-state index in [2.05, 4.69) is 39.8 Å². The van der Waals surface area contributed by atoms with Gasteiger partial charge in [-0.1, -0.05) is 23.9 Å². The van der Waals surface area contributed by atoms with Crippen molar-refractivity contribution in [3.8, 4) is 0 Å². The van der Waals surface area contributed by atoms with Crippen LogP contribution in [0, 0.1) is 0 Å². The van der Waals surface area contributed by atoms with E-state index in [1.807, 2.05) is 18.2 Å². The third-order valence-corrected chi connectivity index (χ3v) is 4.63. The Morgan fingerprint density at radius 2 is 2.26 bits per heavy atom. The molecule has 122 valence electrons. The van der Waals surface area contributed by atoms with Gasteiger partial charge < -0.3 is 10.2 Å². The van der Waals surface area contributed by atoms with Gasteiger partial charge in [0.15, 0.2) is 5.17 Å². The molecule has 0 bridgehead atoms. The summed E-state index contributed by atoms with van der Waals surface area (Å²) in [4.78, 5) is 18.1. The summed E-state index contributed by atoms with van der Waals surface area (Å²) in [5.41, 5.74) is 7.01. The van der Waals surface area contributed by atoms with E-state index in [9.17, 15) is 4.79 Å². The molecular weight excluding hydrogens is 310 g/mol. The standard InChI is InChI=1S/C16H21N5OS/c1-21(2)7-3-6-17-16-20-19-14(10-23-16)11-4-5-12-9-15(22)18-13(12)8-11/h4-5,8H,3,6-7,9-10H2,1-2H3,(H,17,20)(H,18,22). The van der Waals surface area contributed by atoms with Crippen molar-refractivity contribution in [1.82, 2.24) is 10.3 Å². The van der Waals surface area contributed by atoms with Gasteiger partial charge in [-0.05, 0) is 38.7 Å². The van der Waals surface area contributed by atoms with Crippen molar-refractivity contribution >= 4 is 34.2 Å². The number of anilines is 1. The summed E-state index contributed by atoms with van der Waals surface area (Å²) in [5.74, 6) is 0.842. The minimum Gasteiger partial charge on any atom is -0.326 e. The highest BCUT2D eigenvalue weighted by Gasteiger charge is 2.20. The fourth-order valence-corrected chi connectivity index (χ4v) is 3.30. The van der Waals surface area contributed by atoms with E-state index >= 15 is 0 Å². The fourth-order valence-electron chi connectivity index (χ4n) is 2.51. The highest BCUT2D eigenvalue weighted by atomic mass is 32.2. The SMILES string of the molecule is CN(C)CCCN=C1NN=C(c2ccc3c(c2)NC(=O)C3)CS1. The predicted molar refractivity (Wildman–Crippen MR) is 96.4 cm³/mol. The number of hydrazone groups is 1. The smallest absolute Gasteiger partial charge is 0.228 e. The molecular formula is C16H21N5OS. The lowest BCUT2D eigenvalue weighted by Gasteiger charge is -2.15. The molecule has 3 rings (SSSR count). The zero-order valence-electron chi connectivity index (χ0n) is 13.4. The van der Waals surface area contributed by atoms with Crippen LogP contribution >= 0.6 is 11.8 Å². The van der Waals surface area contributed by atoms with Crippen LogP contribution in [-0.4, -0.2) is 54.6 Å². The molecule has 2 heterocycles. The van der Waals surface area contributed by atoms with Gasteiger partial charge in [0.2, 0.25) is 5.91 Å². The number of hydrogen-bond donors (Lipinski definition) is 2. The number of fused-ring (bicyclic) bond motifs is 1. The highest BCUT2D eigenvalue weighted by Crippen LogP contribution is 2.25. The molecule has 7 heteroatoms. The largest absolute Gasteiger partial charge is 0.326 e. The van der Waals surface area contributed by atoms with Crippen LogP contribution in [0.5, 0.6) is 0 Å². The molecule has 0 saturated heterocycles. The quantitative estimate of drug-likeness (QED) is 0.803. The average molecular weight is 331 g/mol. The van der Waals surface area contributed by atoms with Crippen LogP contribution in [0.4, 0.5) is 5.69 Å². The van der Waals surface area contributed by atoms with Gasteiger partial charge in [-0.3, -0.25) is 15.2 Å². The maximum absolute atomic E-state index is 11.4. The molecule has 23 heavy (non-hydrogen) atoms. The molecule has 1 aromatic carbocycles. The van der Waals surface area contributed by atoms with E-state index in [-0.39, 0.29) is 5.91 Å². The lowest BCUT2D eigenvalue weighted by atomic mass is 10.1. The van der Waals surface area contributed by atoms with Gasteiger partial charge in [-0.15, -0.1) is 0 Å². The Labute approximate surface area is 140 Å². The molecule has 0 aromatic heterocycles. The monoisotopic (exact) mass is 331 g/mol. The number of carbonyl (C=O) groups excluding carboxylic acids is 1. The first-order valence-electron chi connectivity index (χ1n) is 7.69. The first kappa shape index (κ1) is 16.0. The van der Waals surface area contributed by atoms with Gasteiger partial charge in [0, 0.05) is 23.5 Å². The molecule has 0 spiro atoms. The van der Waals surface area contributed by atoms with E-state index in [0.29, 0.717) is 6.42 Å². The Balaban J connectivity index is 1.60. The van der Waals surface area contributed by atoms with E-state index < -0.39 is 0 Å². The lowest BCUT2D eigenvalue weighted by Crippen LogP contribution is -2.26. The van der Waals surface area contributed by atoms with Crippen molar-refractivity contribution in [1.29, 1.82) is 0 Å². The molecule has 2 aliphatic rings. The minimum atomic E-state index is 0.0578. The normalized spacial score (nSPS) is 18.7. The number of amides is 1. The van der Waals surface area contributed by atoms with Crippen LogP contribution < -0.4 is 10.7 Å². The van der Waals surface area contributed by atoms with Crippen molar-refractivity contribution in [3.63, 3.8) is 0 Å². The van der Waals surface area contributed by atoms with E-state index in [4.69, 9.17) is 0 Å². The van der Waals surface area contributed by atoms with Crippen molar-refractivity contribution in [2.75, 3.05) is 38.3 Å². The van der Waals surface area contributed by atoms with Gasteiger partial charge in [-0.25, -0.2) is 0 Å². The summed E-state index contributed by atoms with van der Waals surface area (Å²) >= 11 is 1.67. The summed E-state index contributed by atoms with van der Waals surface area (Å²) in [5, 5.41) is 8.19. The number of amidine groups is 1. The van der Waals surface area contributed by atoms with E-state index in [1.165, 1.54) is 0 Å². The van der Waals surface area contributed by atoms with Gasteiger partial charge in [0.05, 0.1) is 12.1 Å². The number of nitrogens with one attached hydrogen (secondary N) is 2. The second-order valence-corrected chi connectivity index (χ2v) is 6.86. The summed E-state index contributed by atoms with van der Waals surface area (Å²) in [6.07, 6.45) is 1.51. The number of hydrogen-bond acceptors (Lipinski definition) is 5. The maximum atomic E-state index is 11.4. The van der Waals surface area contributed by atoms with Crippen LogP contribution in [0.1, 0.15) is 17.5 Å². The molecule has 0 saturated carbocycles. The predicted octanol–water partition coefficient (Wildman–Crippen LogP) is 1.53. The van der Waals surface area contributed by atoms with Gasteiger partial charge in [-0.2, -0.15) is 5.10 Å². The zero-order chi connectivity index (χ0) is 16.2. The molecule has 0 radical (unpaired) electrons. The Bertz CT molecular complexity index is 668. The first-order chi connectivity index (χ1) is 11.1. The van der Waals surface area contributed by atoms with E-state index in [1.54, 1.807) is 11.8 Å². The van der Waals surface area contributed by atoms with Crippen molar-refractivity contribution in [2.45, 2.75) is 12.8 Å². The topological polar surface area (TPSA) is 69.1 Å². The Hall–Kier alpha value is -1.86. The van der Waals surface area contributed by atoms with Crippen molar-refractivity contribution < 1.29 is 4.79 Å². The number of nitrogens with zero attached hydrogens (tertiary/aromatic N) is 3. The average Bonchev–Trinajstić information content (AvgIpc) is 2.91. The minimum absolute atomic E-state index is 0.0578. The van der Waals surface area contributed by atoms with Crippen molar-refractivity contribution in [2.24, 2.45) is 10.1 Å². The third kappa shape index (κ3) is 4.11. The lowest BCUT2D eigenvalue weighted by molar-refractivity contribution is -0.115. The van der Waals surface area contributed by atoms with E-state index in [0.717, 1.165) is 53.0 Å². The van der Waals surface area contributed by atoms with Crippen molar-refractivity contribution in [3.05, 3.63) is 29.3 Å². The summed E-state index contributed by atoms with van der Waals surface area (Å²) in [6.45, 7) is 1.85. The Morgan fingerprint density at radius 1 is 1.39 bits per heavy atom. The van der Waals surface area contributed by atoms with Crippen LogP contribution in [0.3, 0.4) is 0 Å². The molecule has 6 nitrogen and oxygen atoms in total. The fraction of sp³-hybridized carbons (Fsp3) is 0.438. The van der Waals surface area contributed by atoms with Crippen LogP contribution in [-0.2, 0) is 11.2 Å². The van der Waals surface area contributed by atoms with Gasteiger partial charge in [0.25, 0.3) is 0 Å². The van der Waals surface area contributed by atoms with Gasteiger partial charge in [0.1, 0.15) is 0 Å². The summed E-state index contributed by atoms with van der Waals surface area (Å²) < 4.78 is 0. The Morgan fingerprint density at radius 3 is 3.00 bits per heavy atom. The molecule has 0 unspecified atom stereocenters. The molecule has 1 aromatic rings. The number of rotatable bonds is 5. The molecule has 0 aliphatic carbocycles. The molecule has 0 atom stereocenters.